The Morgan fingerprint density at radius 2 is 0.935 bits per heavy atom. The second kappa shape index (κ2) is 9.18. The highest BCUT2D eigenvalue weighted by molar-refractivity contribution is 6.07. The molecule has 5 rings (SSSR count). The molecular weight excluding hydrogens is 372 g/mol. The molecule has 0 aliphatic carbocycles. The van der Waals surface area contributed by atoms with Gasteiger partial charge in [0.25, 0.3) is 0 Å². The van der Waals surface area contributed by atoms with Gasteiger partial charge in [0.2, 0.25) is 0 Å². The van der Waals surface area contributed by atoms with Crippen molar-refractivity contribution in [2.75, 3.05) is 0 Å². The van der Waals surface area contributed by atoms with Gasteiger partial charge in [0, 0.05) is 0 Å². The van der Waals surface area contributed by atoms with Crippen LogP contribution in [0.5, 0.6) is 0 Å². The fourth-order valence-electron chi connectivity index (χ4n) is 4.33. The molecule has 154 valence electrons. The van der Waals surface area contributed by atoms with Gasteiger partial charge in [-0.25, -0.2) is 0 Å². The van der Waals surface area contributed by atoms with Crippen LogP contribution in [0.25, 0.3) is 32.7 Å². The summed E-state index contributed by atoms with van der Waals surface area (Å²) < 4.78 is 0. The summed E-state index contributed by atoms with van der Waals surface area (Å²) in [5.74, 6) is 0. The Morgan fingerprint density at radius 3 is 1.45 bits per heavy atom. The maximum Gasteiger partial charge on any atom is -0.0105 e. The van der Waals surface area contributed by atoms with E-state index in [1.54, 1.807) is 0 Å². The van der Waals surface area contributed by atoms with Crippen LogP contribution in [0, 0.1) is 20.8 Å². The normalized spacial score (nSPS) is 10.7. The second-order valence-electron chi connectivity index (χ2n) is 8.45. The van der Waals surface area contributed by atoms with E-state index < -0.39 is 0 Å². The average Bonchev–Trinajstić information content (AvgIpc) is 2.78. The monoisotopic (exact) mass is 402 g/mol. The summed E-state index contributed by atoms with van der Waals surface area (Å²) in [6.07, 6.45) is 1.10. The van der Waals surface area contributed by atoms with E-state index in [2.05, 4.69) is 125 Å². The van der Waals surface area contributed by atoms with E-state index in [9.17, 15) is 0 Å². The van der Waals surface area contributed by atoms with Crippen molar-refractivity contribution in [2.24, 2.45) is 0 Å². The molecule has 0 radical (unpaired) electrons. The molecule has 0 aliphatic rings. The van der Waals surface area contributed by atoms with Crippen LogP contribution in [0.3, 0.4) is 0 Å². The van der Waals surface area contributed by atoms with Crippen molar-refractivity contribution >= 4 is 21.5 Å². The number of benzene rings is 5. The third kappa shape index (κ3) is 4.86. The smallest absolute Gasteiger partial charge is 0.0105 e. The van der Waals surface area contributed by atoms with Crippen LogP contribution in [-0.2, 0) is 6.42 Å². The van der Waals surface area contributed by atoms with Crippen molar-refractivity contribution in [1.29, 1.82) is 0 Å². The quantitative estimate of drug-likeness (QED) is 0.259. The first-order valence-corrected chi connectivity index (χ1v) is 11.1. The van der Waals surface area contributed by atoms with E-state index in [1.807, 2.05) is 0 Å². The molecule has 0 heteroatoms. The lowest BCUT2D eigenvalue weighted by molar-refractivity contribution is 1.13. The van der Waals surface area contributed by atoms with Crippen LogP contribution in [0.4, 0.5) is 0 Å². The first kappa shape index (κ1) is 20.9. The zero-order valence-corrected chi connectivity index (χ0v) is 18.9. The summed E-state index contributed by atoms with van der Waals surface area (Å²) in [6.45, 7) is 8.70. The van der Waals surface area contributed by atoms with Gasteiger partial charge in [-0.2, -0.15) is 0 Å². The Morgan fingerprint density at radius 1 is 0.484 bits per heavy atom. The second-order valence-corrected chi connectivity index (χ2v) is 8.45. The fourth-order valence-corrected chi connectivity index (χ4v) is 4.33. The number of hydrogen-bond donors (Lipinski definition) is 0. The van der Waals surface area contributed by atoms with E-state index in [4.69, 9.17) is 0 Å². The molecule has 0 amide bonds. The molecule has 31 heavy (non-hydrogen) atoms. The van der Waals surface area contributed by atoms with Crippen LogP contribution in [0.1, 0.15) is 29.2 Å². The molecule has 5 aromatic rings. The van der Waals surface area contributed by atoms with Gasteiger partial charge in [-0.05, 0) is 65.4 Å². The van der Waals surface area contributed by atoms with E-state index >= 15 is 0 Å². The first-order chi connectivity index (χ1) is 15.0. The fraction of sp³-hybridized carbons (Fsp3) is 0.161. The van der Waals surface area contributed by atoms with Crippen molar-refractivity contribution < 1.29 is 0 Å². The lowest BCUT2D eigenvalue weighted by Crippen LogP contribution is -1.87. The Labute approximate surface area is 186 Å². The molecule has 0 atom stereocenters. The van der Waals surface area contributed by atoms with Crippen molar-refractivity contribution in [1.82, 2.24) is 0 Å². The highest BCUT2D eigenvalue weighted by atomic mass is 14.1. The Hall–Kier alpha value is -3.38. The maximum absolute atomic E-state index is 2.31. The molecule has 0 saturated heterocycles. The molecule has 5 aromatic carbocycles. The van der Waals surface area contributed by atoms with E-state index in [0.717, 1.165) is 6.42 Å². The first-order valence-electron chi connectivity index (χ1n) is 11.1. The third-order valence-corrected chi connectivity index (χ3v) is 5.75. The Balaban J connectivity index is 0.000000151. The summed E-state index contributed by atoms with van der Waals surface area (Å²) in [7, 11) is 0. The van der Waals surface area contributed by atoms with Crippen molar-refractivity contribution in [2.45, 2.75) is 34.1 Å². The number of rotatable bonds is 2. The van der Waals surface area contributed by atoms with Gasteiger partial charge in [-0.1, -0.05) is 121 Å². The topological polar surface area (TPSA) is 0 Å². The summed E-state index contributed by atoms with van der Waals surface area (Å²) in [4.78, 5) is 0. The van der Waals surface area contributed by atoms with Gasteiger partial charge in [-0.3, -0.25) is 0 Å². The van der Waals surface area contributed by atoms with Gasteiger partial charge >= 0.3 is 0 Å². The van der Waals surface area contributed by atoms with E-state index in [0.29, 0.717) is 0 Å². The molecule has 0 heterocycles. The van der Waals surface area contributed by atoms with Gasteiger partial charge < -0.3 is 0 Å². The molecule has 0 aromatic heterocycles. The van der Waals surface area contributed by atoms with E-state index in [1.165, 1.54) is 54.9 Å². The lowest BCUT2D eigenvalue weighted by atomic mass is 9.97. The van der Waals surface area contributed by atoms with E-state index in [-0.39, 0.29) is 0 Å². The minimum atomic E-state index is 1.10. The van der Waals surface area contributed by atoms with Crippen molar-refractivity contribution in [3.8, 4) is 11.1 Å². The zero-order valence-electron chi connectivity index (χ0n) is 18.9. The van der Waals surface area contributed by atoms with Gasteiger partial charge in [-0.15, -0.1) is 0 Å². The van der Waals surface area contributed by atoms with Crippen molar-refractivity contribution in [3.63, 3.8) is 0 Å². The molecule has 0 N–H and O–H groups in total. The average molecular weight is 403 g/mol. The minimum Gasteiger partial charge on any atom is -0.0616 e. The van der Waals surface area contributed by atoms with Crippen LogP contribution in [0.2, 0.25) is 0 Å². The SMILES string of the molecule is CCc1cc(C)cc(-c2cc(C)cc(C)c2)c1.c1ccc2c(c1)ccc1ccccc12. The molecule has 0 bridgehead atoms. The summed E-state index contributed by atoms with van der Waals surface area (Å²) in [6, 6.07) is 35.0. The van der Waals surface area contributed by atoms with Crippen LogP contribution in [0.15, 0.2) is 97.1 Å². The lowest BCUT2D eigenvalue weighted by Gasteiger charge is -2.08. The van der Waals surface area contributed by atoms with Gasteiger partial charge in [0.05, 0.1) is 0 Å². The zero-order chi connectivity index (χ0) is 21.8. The molecule has 0 saturated carbocycles. The number of fused-ring (bicyclic) bond motifs is 3. The molecule has 0 unspecified atom stereocenters. The molecule has 0 fully saturated rings. The third-order valence-electron chi connectivity index (χ3n) is 5.75. The van der Waals surface area contributed by atoms with Gasteiger partial charge in [0.15, 0.2) is 0 Å². The standard InChI is InChI=1S/C17H20.C14H10/c1-5-15-7-14(4)10-17(11-15)16-8-12(2)6-13(3)9-16;1-3-7-13-11(5-1)9-10-12-6-2-4-8-14(12)13/h6-11H,5H2,1-4H3;1-10H. The molecule has 0 spiro atoms. The molecule has 0 nitrogen and oxygen atoms in total. The molecular formula is C31H30. The number of aryl methyl sites for hydroxylation is 4. The molecule has 0 aliphatic heterocycles. The summed E-state index contributed by atoms with van der Waals surface area (Å²) in [5, 5.41) is 5.30. The Bertz CT molecular complexity index is 1270. The predicted molar refractivity (Wildman–Crippen MR) is 137 cm³/mol. The van der Waals surface area contributed by atoms with Gasteiger partial charge in [0.1, 0.15) is 0 Å². The number of hydrogen-bond acceptors (Lipinski definition) is 0. The van der Waals surface area contributed by atoms with Crippen LogP contribution >= 0.6 is 0 Å². The van der Waals surface area contributed by atoms with Crippen LogP contribution < -0.4 is 0 Å². The van der Waals surface area contributed by atoms with Crippen LogP contribution in [-0.4, -0.2) is 0 Å². The van der Waals surface area contributed by atoms with Crippen molar-refractivity contribution in [3.05, 3.63) is 119 Å². The minimum absolute atomic E-state index is 1.10. The summed E-state index contributed by atoms with van der Waals surface area (Å²) in [5.41, 5.74) is 8.10. The largest absolute Gasteiger partial charge is 0.0616 e. The Kier molecular flexibility index (Phi) is 6.18. The highest BCUT2D eigenvalue weighted by Gasteiger charge is 2.02. The highest BCUT2D eigenvalue weighted by Crippen LogP contribution is 2.25. The summed E-state index contributed by atoms with van der Waals surface area (Å²) >= 11 is 0. The predicted octanol–water partition coefficient (Wildman–Crippen LogP) is 8.83. The maximum atomic E-state index is 2.31.